The average Bonchev–Trinajstić information content (AvgIpc) is 2.37. The zero-order valence-corrected chi connectivity index (χ0v) is 13.6. The third kappa shape index (κ3) is 5.18. The van der Waals surface area contributed by atoms with Crippen molar-refractivity contribution in [1.82, 2.24) is 5.32 Å². The molecule has 3 N–H and O–H groups in total. The summed E-state index contributed by atoms with van der Waals surface area (Å²) in [6.45, 7) is 5.05. The Morgan fingerprint density at radius 3 is 2.38 bits per heavy atom. The molecule has 21 heavy (non-hydrogen) atoms. The first kappa shape index (κ1) is 17.2. The summed E-state index contributed by atoms with van der Waals surface area (Å²) in [6.07, 6.45) is 0. The Morgan fingerprint density at radius 1 is 1.24 bits per heavy atom. The molecule has 2 amide bonds. The quantitative estimate of drug-likeness (QED) is 0.770. The van der Waals surface area contributed by atoms with Crippen LogP contribution >= 0.6 is 15.9 Å². The lowest BCUT2D eigenvalue weighted by Crippen LogP contribution is -2.39. The van der Waals surface area contributed by atoms with Crippen LogP contribution in [0.1, 0.15) is 31.1 Å². The van der Waals surface area contributed by atoms with Crippen LogP contribution in [0.15, 0.2) is 22.7 Å². The molecule has 0 aliphatic rings. The lowest BCUT2D eigenvalue weighted by Gasteiger charge is -2.17. The first-order chi connectivity index (χ1) is 9.61. The van der Waals surface area contributed by atoms with Gasteiger partial charge in [-0.15, -0.1) is 0 Å². The molecule has 1 rings (SSSR count). The van der Waals surface area contributed by atoms with Crippen LogP contribution < -0.4 is 10.6 Å². The minimum atomic E-state index is -1.08. The zero-order valence-electron chi connectivity index (χ0n) is 12.0. The zero-order chi connectivity index (χ0) is 16.2. The molecule has 0 aliphatic heterocycles. The van der Waals surface area contributed by atoms with Gasteiger partial charge in [0.1, 0.15) is 0 Å². The Balaban J connectivity index is 2.69. The monoisotopic (exact) mass is 356 g/mol. The number of amides is 2. The second-order valence-electron chi connectivity index (χ2n) is 5.48. The molecular formula is C14H17BrN2O4. The fourth-order valence-corrected chi connectivity index (χ4v) is 1.72. The molecule has 0 aromatic heterocycles. The van der Waals surface area contributed by atoms with Crippen LogP contribution in [0.2, 0.25) is 0 Å². The largest absolute Gasteiger partial charge is 0.478 e. The number of rotatable bonds is 4. The van der Waals surface area contributed by atoms with Gasteiger partial charge in [-0.2, -0.15) is 0 Å². The Bertz CT molecular complexity index is 579. The number of carboxylic acid groups (broad SMARTS) is 1. The van der Waals surface area contributed by atoms with E-state index in [2.05, 4.69) is 26.6 Å². The van der Waals surface area contributed by atoms with E-state index in [0.717, 1.165) is 0 Å². The van der Waals surface area contributed by atoms with Crippen LogP contribution in [-0.2, 0) is 9.59 Å². The number of halogens is 1. The lowest BCUT2D eigenvalue weighted by molar-refractivity contribution is -0.130. The number of hydrogen-bond acceptors (Lipinski definition) is 3. The summed E-state index contributed by atoms with van der Waals surface area (Å²) < 4.78 is 0.558. The van der Waals surface area contributed by atoms with E-state index in [4.69, 9.17) is 5.11 Å². The molecule has 0 fully saturated rings. The Hall–Kier alpha value is -1.89. The number of hydrogen-bond donors (Lipinski definition) is 3. The molecule has 0 aliphatic carbocycles. The van der Waals surface area contributed by atoms with Crippen molar-refractivity contribution < 1.29 is 19.5 Å². The topological polar surface area (TPSA) is 95.5 Å². The van der Waals surface area contributed by atoms with Crippen molar-refractivity contribution in [3.8, 4) is 0 Å². The Morgan fingerprint density at radius 2 is 1.86 bits per heavy atom. The summed E-state index contributed by atoms with van der Waals surface area (Å²) in [5.74, 6) is -1.76. The number of anilines is 1. The van der Waals surface area contributed by atoms with E-state index in [9.17, 15) is 14.4 Å². The summed E-state index contributed by atoms with van der Waals surface area (Å²) in [4.78, 5) is 34.3. The minimum absolute atomic E-state index is 0.0622. The van der Waals surface area contributed by atoms with Gasteiger partial charge in [0.05, 0.1) is 17.8 Å². The lowest BCUT2D eigenvalue weighted by atomic mass is 9.96. The van der Waals surface area contributed by atoms with E-state index in [-0.39, 0.29) is 18.0 Å². The highest BCUT2D eigenvalue weighted by atomic mass is 79.9. The number of carboxylic acids is 1. The SMILES string of the molecule is CC(C)(C)C(=O)NCC(=O)Nc1cc(C(=O)O)ccc1Br. The maximum Gasteiger partial charge on any atom is 0.335 e. The van der Waals surface area contributed by atoms with E-state index < -0.39 is 17.3 Å². The molecule has 0 saturated carbocycles. The number of carbonyl (C=O) groups is 3. The smallest absolute Gasteiger partial charge is 0.335 e. The molecule has 7 heteroatoms. The van der Waals surface area contributed by atoms with Crippen LogP contribution in [0.4, 0.5) is 5.69 Å². The minimum Gasteiger partial charge on any atom is -0.478 e. The third-order valence-corrected chi connectivity index (χ3v) is 3.27. The van der Waals surface area contributed by atoms with E-state index >= 15 is 0 Å². The van der Waals surface area contributed by atoms with Gasteiger partial charge in [0.25, 0.3) is 0 Å². The van der Waals surface area contributed by atoms with Crippen molar-refractivity contribution in [1.29, 1.82) is 0 Å². The number of carbonyl (C=O) groups excluding carboxylic acids is 2. The van der Waals surface area contributed by atoms with Crippen molar-refractivity contribution in [2.75, 3.05) is 11.9 Å². The van der Waals surface area contributed by atoms with Gasteiger partial charge in [-0.3, -0.25) is 9.59 Å². The van der Waals surface area contributed by atoms with Crippen LogP contribution in [0.25, 0.3) is 0 Å². The van der Waals surface area contributed by atoms with Gasteiger partial charge >= 0.3 is 5.97 Å². The van der Waals surface area contributed by atoms with Gasteiger partial charge < -0.3 is 15.7 Å². The molecule has 0 radical (unpaired) electrons. The highest BCUT2D eigenvalue weighted by molar-refractivity contribution is 9.10. The molecule has 1 aromatic rings. The molecule has 0 spiro atoms. The van der Waals surface area contributed by atoms with Crippen molar-refractivity contribution in [3.63, 3.8) is 0 Å². The second kappa shape index (κ2) is 6.71. The van der Waals surface area contributed by atoms with Crippen LogP contribution in [0, 0.1) is 5.41 Å². The molecular weight excluding hydrogens is 340 g/mol. The second-order valence-corrected chi connectivity index (χ2v) is 6.33. The van der Waals surface area contributed by atoms with Gasteiger partial charge in [0.2, 0.25) is 11.8 Å². The van der Waals surface area contributed by atoms with Gasteiger partial charge in [-0.05, 0) is 34.1 Å². The van der Waals surface area contributed by atoms with Crippen molar-refractivity contribution >= 4 is 39.4 Å². The van der Waals surface area contributed by atoms with Crippen molar-refractivity contribution in [2.24, 2.45) is 5.41 Å². The number of benzene rings is 1. The highest BCUT2D eigenvalue weighted by Gasteiger charge is 2.21. The van der Waals surface area contributed by atoms with Crippen molar-refractivity contribution in [3.05, 3.63) is 28.2 Å². The van der Waals surface area contributed by atoms with Crippen LogP contribution in [-0.4, -0.2) is 29.4 Å². The number of aromatic carboxylic acids is 1. The summed E-state index contributed by atoms with van der Waals surface area (Å²) in [5, 5.41) is 14.0. The predicted molar refractivity (Wildman–Crippen MR) is 82.2 cm³/mol. The van der Waals surface area contributed by atoms with E-state index in [1.54, 1.807) is 20.8 Å². The Labute approximate surface area is 131 Å². The predicted octanol–water partition coefficient (Wildman–Crippen LogP) is 2.25. The van der Waals surface area contributed by atoms with Gasteiger partial charge in [0.15, 0.2) is 0 Å². The van der Waals surface area contributed by atoms with E-state index in [0.29, 0.717) is 10.2 Å². The maximum atomic E-state index is 11.8. The maximum absolute atomic E-state index is 11.8. The molecule has 1 aromatic carbocycles. The molecule has 0 bridgehead atoms. The van der Waals surface area contributed by atoms with Gasteiger partial charge in [-0.25, -0.2) is 4.79 Å². The fourth-order valence-electron chi connectivity index (χ4n) is 1.37. The standard InChI is InChI=1S/C14H17BrN2O4/c1-14(2,3)13(21)16-7-11(18)17-10-6-8(12(19)20)4-5-9(10)15/h4-6H,7H2,1-3H3,(H,16,21)(H,17,18)(H,19,20). The first-order valence-corrected chi connectivity index (χ1v) is 7.01. The third-order valence-electron chi connectivity index (χ3n) is 2.58. The number of nitrogens with one attached hydrogen (secondary N) is 2. The van der Waals surface area contributed by atoms with Gasteiger partial charge in [0, 0.05) is 9.89 Å². The van der Waals surface area contributed by atoms with Crippen LogP contribution in [0.5, 0.6) is 0 Å². The fraction of sp³-hybridized carbons (Fsp3) is 0.357. The molecule has 0 saturated heterocycles. The molecule has 0 heterocycles. The first-order valence-electron chi connectivity index (χ1n) is 6.22. The highest BCUT2D eigenvalue weighted by Crippen LogP contribution is 2.23. The molecule has 0 atom stereocenters. The summed E-state index contributed by atoms with van der Waals surface area (Å²) in [7, 11) is 0. The average molecular weight is 357 g/mol. The van der Waals surface area contributed by atoms with Crippen molar-refractivity contribution in [2.45, 2.75) is 20.8 Å². The van der Waals surface area contributed by atoms with Crippen LogP contribution in [0.3, 0.4) is 0 Å². The van der Waals surface area contributed by atoms with E-state index in [1.165, 1.54) is 18.2 Å². The van der Waals surface area contributed by atoms with E-state index in [1.807, 2.05) is 0 Å². The normalized spacial score (nSPS) is 10.9. The summed E-state index contributed by atoms with van der Waals surface area (Å²) >= 11 is 3.22. The van der Waals surface area contributed by atoms with Gasteiger partial charge in [-0.1, -0.05) is 20.8 Å². The molecule has 6 nitrogen and oxygen atoms in total. The molecule has 114 valence electrons. The molecule has 0 unspecified atom stereocenters. The Kier molecular flexibility index (Phi) is 5.48. The summed E-state index contributed by atoms with van der Waals surface area (Å²) in [6, 6.07) is 4.30. The summed E-state index contributed by atoms with van der Waals surface area (Å²) in [5.41, 5.74) is -0.179.